The van der Waals surface area contributed by atoms with Gasteiger partial charge in [0, 0.05) is 12.0 Å². The number of benzene rings is 1. The van der Waals surface area contributed by atoms with Crippen LogP contribution in [0.3, 0.4) is 0 Å². The molecular weight excluding hydrogens is 508 g/mol. The number of carbonyl (C=O) groups is 1. The van der Waals surface area contributed by atoms with Gasteiger partial charge in [-0.15, -0.1) is 10.2 Å². The van der Waals surface area contributed by atoms with Crippen LogP contribution in [0.5, 0.6) is 5.75 Å². The smallest absolute Gasteiger partial charge is 0.435 e. The predicted molar refractivity (Wildman–Crippen MR) is 112 cm³/mol. The average Bonchev–Trinajstić information content (AvgIpc) is 3.40. The molecule has 2 aromatic heterocycles. The second kappa shape index (κ2) is 8.70. The summed E-state index contributed by atoms with van der Waals surface area (Å²) in [5.41, 5.74) is -2.69. The van der Waals surface area contributed by atoms with Crippen molar-refractivity contribution >= 4 is 5.91 Å². The van der Waals surface area contributed by atoms with Crippen LogP contribution in [0.2, 0.25) is 0 Å². The minimum Gasteiger partial charge on any atom is -0.503 e. The van der Waals surface area contributed by atoms with Crippen molar-refractivity contribution in [2.75, 3.05) is 6.54 Å². The summed E-state index contributed by atoms with van der Waals surface area (Å²) in [7, 11) is 0. The molecule has 3 aliphatic carbocycles. The molecule has 0 spiro atoms. The maximum atomic E-state index is 14.0. The summed E-state index contributed by atoms with van der Waals surface area (Å²) in [6.07, 6.45) is -0.808. The van der Waals surface area contributed by atoms with Crippen LogP contribution in [-0.2, 0) is 11.6 Å². The fourth-order valence-electron chi connectivity index (χ4n) is 5.11. The molecule has 3 aromatic rings. The van der Waals surface area contributed by atoms with Crippen LogP contribution in [-0.4, -0.2) is 37.9 Å². The van der Waals surface area contributed by atoms with E-state index in [1.807, 2.05) is 0 Å². The summed E-state index contributed by atoms with van der Waals surface area (Å²) in [5.74, 6) is -7.02. The lowest BCUT2D eigenvalue weighted by Gasteiger charge is -2.51. The van der Waals surface area contributed by atoms with Crippen LogP contribution < -0.4 is 5.32 Å². The van der Waals surface area contributed by atoms with Gasteiger partial charge in [0.05, 0.1) is 5.56 Å². The highest BCUT2D eigenvalue weighted by Gasteiger charge is 2.52. The van der Waals surface area contributed by atoms with E-state index in [0.29, 0.717) is 50.5 Å². The monoisotopic (exact) mass is 527 g/mol. The fourth-order valence-corrected chi connectivity index (χ4v) is 5.11. The third-order valence-corrected chi connectivity index (χ3v) is 7.47. The van der Waals surface area contributed by atoms with Crippen molar-refractivity contribution in [2.24, 2.45) is 5.41 Å². The number of fused-ring (bicyclic) bond motifs is 3. The van der Waals surface area contributed by atoms with E-state index in [4.69, 9.17) is 9.63 Å². The van der Waals surface area contributed by atoms with Gasteiger partial charge in [0.1, 0.15) is 5.69 Å². The van der Waals surface area contributed by atoms with E-state index in [1.54, 1.807) is 0 Å². The first-order valence-electron chi connectivity index (χ1n) is 11.3. The fraction of sp³-hybridized carbons (Fsp3) is 0.435. The number of alkyl halides is 3. The summed E-state index contributed by atoms with van der Waals surface area (Å²) in [6.45, 7) is 0.154. The molecule has 1 aromatic carbocycles. The van der Waals surface area contributed by atoms with E-state index < -0.39 is 52.0 Å². The largest absolute Gasteiger partial charge is 0.503 e. The Balaban J connectivity index is 1.24. The Morgan fingerprint density at radius 2 is 1.70 bits per heavy atom. The van der Waals surface area contributed by atoms with Gasteiger partial charge in [-0.2, -0.15) is 22.5 Å². The average molecular weight is 527 g/mol. The summed E-state index contributed by atoms with van der Waals surface area (Å²) < 4.78 is 84.9. The van der Waals surface area contributed by atoms with Crippen molar-refractivity contribution in [1.82, 2.24) is 25.7 Å². The van der Waals surface area contributed by atoms with Crippen molar-refractivity contribution < 1.29 is 40.8 Å². The highest BCUT2D eigenvalue weighted by Crippen LogP contribution is 2.57. The number of halogens is 6. The van der Waals surface area contributed by atoms with Gasteiger partial charge < -0.3 is 14.9 Å². The van der Waals surface area contributed by atoms with Crippen molar-refractivity contribution in [1.29, 1.82) is 0 Å². The van der Waals surface area contributed by atoms with Gasteiger partial charge in [0.15, 0.2) is 23.1 Å². The third-order valence-electron chi connectivity index (χ3n) is 7.47. The minimum absolute atomic E-state index is 0.0238. The quantitative estimate of drug-likeness (QED) is 0.366. The lowest BCUT2D eigenvalue weighted by Crippen LogP contribution is -2.49. The van der Waals surface area contributed by atoms with Crippen molar-refractivity contribution in [3.63, 3.8) is 0 Å². The first-order valence-corrected chi connectivity index (χ1v) is 11.3. The lowest BCUT2D eigenvalue weighted by molar-refractivity contribution is -0.141. The van der Waals surface area contributed by atoms with E-state index in [0.717, 1.165) is 12.1 Å². The Morgan fingerprint density at radius 1 is 1.03 bits per heavy atom. The van der Waals surface area contributed by atoms with Gasteiger partial charge in [0.25, 0.3) is 5.91 Å². The number of amides is 1. The zero-order valence-electron chi connectivity index (χ0n) is 19.0. The molecule has 0 aliphatic heterocycles. The zero-order chi connectivity index (χ0) is 26.6. The van der Waals surface area contributed by atoms with Crippen molar-refractivity contribution in [3.8, 4) is 17.3 Å². The number of hydrogen-bond donors (Lipinski definition) is 2. The van der Waals surface area contributed by atoms with E-state index in [9.17, 15) is 31.1 Å². The van der Waals surface area contributed by atoms with Gasteiger partial charge in [0.2, 0.25) is 17.5 Å². The molecule has 2 N–H and O–H groups in total. The molecule has 0 atom stereocenters. The molecule has 2 heterocycles. The zero-order valence-corrected chi connectivity index (χ0v) is 19.0. The number of phenolic OH excluding ortho intramolecular Hbond substituents is 1. The highest BCUT2D eigenvalue weighted by atomic mass is 19.4. The SMILES string of the molecule is O=C(NC[C@]12CC[C@](c3nc(-c4ccc(C(F)(F)F)nn4)no3)(CC1)CC2)c1cc(F)c(O)c(F)c1F. The molecule has 0 unspecified atom stereocenters. The Labute approximate surface area is 205 Å². The van der Waals surface area contributed by atoms with Crippen LogP contribution in [0.1, 0.15) is 60.5 Å². The molecular formula is C23H19F6N5O3. The molecule has 0 saturated heterocycles. The lowest BCUT2D eigenvalue weighted by atomic mass is 9.53. The molecule has 8 nitrogen and oxygen atoms in total. The molecule has 3 fully saturated rings. The standard InChI is InChI=1S/C23H19F6N5O3/c24-12-9-11(15(25)16(26)17(12)35)19(36)30-10-21-3-6-22(7-4-21,8-5-21)20-31-18(34-37-20)13-1-2-14(33-32-13)23(27,28)29/h1-2,9,35H,3-8,10H2,(H,30,36)/t21-,22+. The number of rotatable bonds is 5. The number of carbonyl (C=O) groups excluding carboxylic acids is 1. The molecule has 1 amide bonds. The molecule has 6 rings (SSSR count). The molecule has 2 bridgehead atoms. The molecule has 37 heavy (non-hydrogen) atoms. The number of hydrogen-bond acceptors (Lipinski definition) is 7. The summed E-state index contributed by atoms with van der Waals surface area (Å²) in [4.78, 5) is 16.8. The van der Waals surface area contributed by atoms with Crippen LogP contribution >= 0.6 is 0 Å². The summed E-state index contributed by atoms with van der Waals surface area (Å²) in [6, 6.07) is 2.35. The molecule has 196 valence electrons. The van der Waals surface area contributed by atoms with Crippen molar-refractivity contribution in [2.45, 2.75) is 50.1 Å². The Hall–Kier alpha value is -3.71. The van der Waals surface area contributed by atoms with Gasteiger partial charge in [-0.25, -0.2) is 8.78 Å². The molecule has 3 aliphatic rings. The van der Waals surface area contributed by atoms with E-state index in [-0.39, 0.29) is 23.5 Å². The third kappa shape index (κ3) is 4.37. The van der Waals surface area contributed by atoms with Crippen LogP contribution in [0.25, 0.3) is 11.5 Å². The number of nitrogens with one attached hydrogen (secondary N) is 1. The Bertz CT molecular complexity index is 1330. The number of nitrogens with zero attached hydrogens (tertiary/aromatic N) is 4. The maximum Gasteiger partial charge on any atom is 0.435 e. The van der Waals surface area contributed by atoms with Gasteiger partial charge in [-0.3, -0.25) is 4.79 Å². The van der Waals surface area contributed by atoms with Gasteiger partial charge >= 0.3 is 6.18 Å². The topological polar surface area (TPSA) is 114 Å². The number of aromatic nitrogens is 4. The van der Waals surface area contributed by atoms with E-state index in [2.05, 4.69) is 25.7 Å². The number of aromatic hydroxyl groups is 1. The van der Waals surface area contributed by atoms with Gasteiger partial charge in [-0.1, -0.05) is 5.16 Å². The summed E-state index contributed by atoms with van der Waals surface area (Å²) >= 11 is 0. The van der Waals surface area contributed by atoms with Crippen LogP contribution in [0.4, 0.5) is 26.3 Å². The highest BCUT2D eigenvalue weighted by molar-refractivity contribution is 5.94. The Kier molecular flexibility index (Phi) is 5.87. The molecule has 3 saturated carbocycles. The second-order valence-corrected chi connectivity index (χ2v) is 9.57. The van der Waals surface area contributed by atoms with Crippen LogP contribution in [0.15, 0.2) is 22.7 Å². The molecule has 14 heteroatoms. The van der Waals surface area contributed by atoms with Crippen molar-refractivity contribution in [3.05, 3.63) is 52.8 Å². The second-order valence-electron chi connectivity index (χ2n) is 9.57. The Morgan fingerprint density at radius 3 is 2.30 bits per heavy atom. The molecule has 0 radical (unpaired) electrons. The predicted octanol–water partition coefficient (Wildman–Crippen LogP) is 4.69. The van der Waals surface area contributed by atoms with E-state index in [1.165, 1.54) is 0 Å². The maximum absolute atomic E-state index is 14.0. The summed E-state index contributed by atoms with van der Waals surface area (Å²) in [5, 5.41) is 22.3. The first-order chi connectivity index (χ1) is 17.4. The number of phenols is 1. The van der Waals surface area contributed by atoms with Crippen LogP contribution in [0, 0.1) is 22.9 Å². The minimum atomic E-state index is -4.62. The van der Waals surface area contributed by atoms with Gasteiger partial charge in [-0.05, 0) is 62.1 Å². The van der Waals surface area contributed by atoms with E-state index >= 15 is 0 Å². The normalized spacial score (nSPS) is 23.3. The first kappa shape index (κ1) is 25.0.